The summed E-state index contributed by atoms with van der Waals surface area (Å²) in [5.74, 6) is 2.20. The molecule has 0 heterocycles. The van der Waals surface area contributed by atoms with E-state index in [1.54, 1.807) is 6.07 Å². The second-order valence-corrected chi connectivity index (χ2v) is 1.49. The number of allylic oxidation sites excluding steroid dienone is 2. The maximum atomic E-state index is 8.20. The Morgan fingerprint density at radius 2 is 2.20 bits per heavy atom. The van der Waals surface area contributed by atoms with E-state index in [2.05, 4.69) is 24.1 Å². The van der Waals surface area contributed by atoms with Gasteiger partial charge in [-0.1, -0.05) is 19.1 Å². The van der Waals surface area contributed by atoms with Crippen molar-refractivity contribution >= 4 is 6.21 Å². The Labute approximate surface area is 60.2 Å². The zero-order valence-electron chi connectivity index (χ0n) is 5.46. The van der Waals surface area contributed by atoms with E-state index >= 15 is 0 Å². The predicted molar refractivity (Wildman–Crippen MR) is 41.2 cm³/mol. The molecule has 0 aliphatic heterocycles. The first kappa shape index (κ1) is 8.20. The minimum Gasteiger partial charge on any atom is -0.247 e. The van der Waals surface area contributed by atoms with Gasteiger partial charge in [0.15, 0.2) is 0 Å². The highest BCUT2D eigenvalue weighted by Gasteiger charge is 1.82. The number of hydrogen-bond acceptors (Lipinski definition) is 2. The molecule has 0 saturated heterocycles. The van der Waals surface area contributed by atoms with Gasteiger partial charge in [-0.2, -0.15) is 5.26 Å². The van der Waals surface area contributed by atoms with Gasteiger partial charge in [-0.15, -0.1) is 6.42 Å². The number of aliphatic imine (C=N–C) groups is 1. The van der Waals surface area contributed by atoms with Crippen LogP contribution in [0, 0.1) is 23.7 Å². The van der Waals surface area contributed by atoms with Crippen LogP contribution < -0.4 is 0 Å². The number of nitriles is 1. The molecule has 0 aliphatic carbocycles. The molecule has 2 nitrogen and oxygen atoms in total. The summed E-state index contributed by atoms with van der Waals surface area (Å²) in [5, 5.41) is 8.20. The molecular formula is C8H6N2. The van der Waals surface area contributed by atoms with Crippen LogP contribution in [0.3, 0.4) is 0 Å². The Bertz CT molecular complexity index is 230. The molecule has 0 aromatic rings. The minimum absolute atomic E-state index is 0.261. The van der Waals surface area contributed by atoms with E-state index < -0.39 is 0 Å². The molecule has 0 N–H and O–H groups in total. The van der Waals surface area contributed by atoms with Crippen molar-refractivity contribution in [2.75, 3.05) is 0 Å². The van der Waals surface area contributed by atoms with E-state index in [1.165, 1.54) is 6.21 Å². The lowest BCUT2D eigenvalue weighted by Gasteiger charge is -1.82. The summed E-state index contributed by atoms with van der Waals surface area (Å²) >= 11 is 0. The molecule has 2 heteroatoms. The van der Waals surface area contributed by atoms with Crippen molar-refractivity contribution in [2.45, 2.75) is 0 Å². The Balaban J connectivity index is 4.07. The number of hydrogen-bond donors (Lipinski definition) is 0. The largest absolute Gasteiger partial charge is 0.247 e. The van der Waals surface area contributed by atoms with Crippen molar-refractivity contribution in [3.8, 4) is 18.4 Å². The molecule has 0 spiro atoms. The molecule has 10 heavy (non-hydrogen) atoms. The third kappa shape index (κ3) is 3.23. The number of nitrogens with zero attached hydrogens (tertiary/aromatic N) is 2. The molecule has 0 fully saturated rings. The van der Waals surface area contributed by atoms with Crippen LogP contribution in [0.15, 0.2) is 29.4 Å². The summed E-state index contributed by atoms with van der Waals surface area (Å²) < 4.78 is 0. The summed E-state index contributed by atoms with van der Waals surface area (Å²) in [6.45, 7) is 6.75. The minimum atomic E-state index is 0.261. The van der Waals surface area contributed by atoms with E-state index in [0.29, 0.717) is 0 Å². The van der Waals surface area contributed by atoms with E-state index in [-0.39, 0.29) is 11.3 Å². The summed E-state index contributed by atoms with van der Waals surface area (Å²) in [7, 11) is 0. The van der Waals surface area contributed by atoms with Gasteiger partial charge in [0.25, 0.3) is 0 Å². The second kappa shape index (κ2) is 4.12. The predicted octanol–water partition coefficient (Wildman–Crippen LogP) is 1.28. The van der Waals surface area contributed by atoms with Crippen molar-refractivity contribution in [1.82, 2.24) is 0 Å². The SMILES string of the molecule is C#CC(=C)N=CC(=C)C#N. The van der Waals surface area contributed by atoms with Gasteiger partial charge < -0.3 is 0 Å². The van der Waals surface area contributed by atoms with E-state index in [4.69, 9.17) is 11.7 Å². The molecule has 0 unspecified atom stereocenters. The third-order valence-corrected chi connectivity index (χ3v) is 0.686. The zero-order valence-corrected chi connectivity index (χ0v) is 5.46. The highest BCUT2D eigenvalue weighted by atomic mass is 14.7. The second-order valence-electron chi connectivity index (χ2n) is 1.49. The van der Waals surface area contributed by atoms with Crippen LogP contribution in [0.4, 0.5) is 0 Å². The molecule has 0 saturated carbocycles. The van der Waals surface area contributed by atoms with Crippen LogP contribution >= 0.6 is 0 Å². The first-order valence-electron chi connectivity index (χ1n) is 2.49. The van der Waals surface area contributed by atoms with Crippen molar-refractivity contribution in [1.29, 1.82) is 5.26 Å². The Morgan fingerprint density at radius 3 is 2.60 bits per heavy atom. The van der Waals surface area contributed by atoms with Crippen molar-refractivity contribution in [3.63, 3.8) is 0 Å². The summed E-state index contributed by atoms with van der Waals surface area (Å²) in [6, 6.07) is 1.79. The van der Waals surface area contributed by atoms with Crippen molar-refractivity contribution in [2.24, 2.45) is 4.99 Å². The van der Waals surface area contributed by atoms with Crippen LogP contribution in [0.5, 0.6) is 0 Å². The van der Waals surface area contributed by atoms with Gasteiger partial charge in [0.2, 0.25) is 0 Å². The normalized spacial score (nSPS) is 8.20. The Kier molecular flexibility index (Phi) is 3.38. The topological polar surface area (TPSA) is 36.1 Å². The molecule has 0 amide bonds. The fourth-order valence-electron chi connectivity index (χ4n) is 0.222. The lowest BCUT2D eigenvalue weighted by atomic mass is 10.4. The number of rotatable bonds is 2. The van der Waals surface area contributed by atoms with Gasteiger partial charge >= 0.3 is 0 Å². The molecule has 0 aromatic carbocycles. The van der Waals surface area contributed by atoms with Crippen molar-refractivity contribution in [3.05, 3.63) is 24.4 Å². The number of terminal acetylenes is 1. The lowest BCUT2D eigenvalue weighted by molar-refractivity contribution is 1.48. The van der Waals surface area contributed by atoms with Gasteiger partial charge in [0.05, 0.1) is 5.57 Å². The lowest BCUT2D eigenvalue weighted by Crippen LogP contribution is -1.76. The van der Waals surface area contributed by atoms with Crippen LogP contribution in [-0.2, 0) is 0 Å². The van der Waals surface area contributed by atoms with Gasteiger partial charge in [0.1, 0.15) is 11.8 Å². The van der Waals surface area contributed by atoms with Crippen LogP contribution in [-0.4, -0.2) is 6.21 Å². The third-order valence-electron chi connectivity index (χ3n) is 0.686. The van der Waals surface area contributed by atoms with Crippen molar-refractivity contribution < 1.29 is 0 Å². The van der Waals surface area contributed by atoms with Gasteiger partial charge in [-0.05, 0) is 0 Å². The Hall–Kier alpha value is -1.80. The summed E-state index contributed by atoms with van der Waals surface area (Å²) in [6.07, 6.45) is 6.20. The average Bonchev–Trinajstić information content (AvgIpc) is 1.99. The molecule has 0 bridgehead atoms. The monoisotopic (exact) mass is 130 g/mol. The summed E-state index contributed by atoms with van der Waals surface area (Å²) in [5.41, 5.74) is 0.549. The van der Waals surface area contributed by atoms with Crippen LogP contribution in [0.2, 0.25) is 0 Å². The first-order chi connectivity index (χ1) is 4.70. The molecule has 0 rings (SSSR count). The molecule has 48 valence electrons. The molecule has 0 aliphatic rings. The highest BCUT2D eigenvalue weighted by Crippen LogP contribution is 1.88. The smallest absolute Gasteiger partial charge is 0.105 e. The molecular weight excluding hydrogens is 124 g/mol. The van der Waals surface area contributed by atoms with E-state index in [1.807, 2.05) is 0 Å². The fourth-order valence-corrected chi connectivity index (χ4v) is 0.222. The maximum Gasteiger partial charge on any atom is 0.105 e. The maximum absolute atomic E-state index is 8.20. The Morgan fingerprint density at radius 1 is 1.60 bits per heavy atom. The van der Waals surface area contributed by atoms with E-state index in [0.717, 1.165) is 0 Å². The average molecular weight is 130 g/mol. The standard InChI is InChI=1S/C8H6N2/c1-4-8(3)10-6-7(2)5-9/h1,6H,2-3H2. The van der Waals surface area contributed by atoms with Gasteiger partial charge in [-0.3, -0.25) is 0 Å². The van der Waals surface area contributed by atoms with Crippen LogP contribution in [0.1, 0.15) is 0 Å². The van der Waals surface area contributed by atoms with Gasteiger partial charge in [-0.25, -0.2) is 4.99 Å². The first-order valence-corrected chi connectivity index (χ1v) is 2.49. The summed E-state index contributed by atoms with van der Waals surface area (Å²) in [4.78, 5) is 3.64. The van der Waals surface area contributed by atoms with Gasteiger partial charge in [0, 0.05) is 6.21 Å². The highest BCUT2D eigenvalue weighted by molar-refractivity contribution is 5.83. The zero-order chi connectivity index (χ0) is 7.98. The quantitative estimate of drug-likeness (QED) is 0.315. The molecule has 0 atom stereocenters. The fraction of sp³-hybridized carbons (Fsp3) is 0. The van der Waals surface area contributed by atoms with Crippen LogP contribution in [0.25, 0.3) is 0 Å². The van der Waals surface area contributed by atoms with E-state index in [9.17, 15) is 0 Å². The molecule has 0 aromatic heterocycles. The molecule has 0 radical (unpaired) electrons.